The lowest BCUT2D eigenvalue weighted by molar-refractivity contribution is -0.116. The second kappa shape index (κ2) is 6.76. The number of carbonyl (C=O) groups excluding carboxylic acids is 1. The Morgan fingerprint density at radius 3 is 2.71 bits per heavy atom. The van der Waals surface area contributed by atoms with Crippen LogP contribution >= 0.6 is 0 Å². The summed E-state index contributed by atoms with van der Waals surface area (Å²) in [6.07, 6.45) is 2.82. The van der Waals surface area contributed by atoms with Crippen molar-refractivity contribution in [2.75, 3.05) is 18.4 Å². The van der Waals surface area contributed by atoms with Crippen molar-refractivity contribution in [2.24, 2.45) is 0 Å². The van der Waals surface area contributed by atoms with Crippen molar-refractivity contribution in [3.8, 4) is 0 Å². The minimum atomic E-state index is -1.10. The largest absolute Gasteiger partial charge is 0.321 e. The van der Waals surface area contributed by atoms with Gasteiger partial charge in [-0.3, -0.25) is 4.79 Å². The van der Waals surface area contributed by atoms with Crippen LogP contribution < -0.4 is 10.6 Å². The Kier molecular flexibility index (Phi) is 5.01. The van der Waals surface area contributed by atoms with Gasteiger partial charge in [0.05, 0.1) is 5.56 Å². The lowest BCUT2D eigenvalue weighted by Crippen LogP contribution is -2.21. The van der Waals surface area contributed by atoms with Crippen molar-refractivity contribution in [1.29, 1.82) is 0 Å². The van der Waals surface area contributed by atoms with Crippen LogP contribution in [0.4, 0.5) is 18.9 Å². The number of benzene rings is 1. The molecule has 1 aliphatic rings. The zero-order valence-corrected chi connectivity index (χ0v) is 11.7. The molecule has 1 aliphatic heterocycles. The number of halogens is 3. The predicted molar refractivity (Wildman–Crippen MR) is 75.3 cm³/mol. The van der Waals surface area contributed by atoms with Crippen LogP contribution in [0.3, 0.4) is 0 Å². The maximum absolute atomic E-state index is 14.4. The molecule has 0 spiro atoms. The summed E-state index contributed by atoms with van der Waals surface area (Å²) in [5, 5.41) is 5.22. The molecule has 1 aromatic rings. The summed E-state index contributed by atoms with van der Waals surface area (Å²) in [7, 11) is 0. The van der Waals surface area contributed by atoms with Gasteiger partial charge in [-0.25, -0.2) is 13.2 Å². The summed E-state index contributed by atoms with van der Waals surface area (Å²) in [6.45, 7) is 2.88. The molecular weight excluding hydrogens is 281 g/mol. The quantitative estimate of drug-likeness (QED) is 0.896. The average Bonchev–Trinajstić information content (AvgIpc) is 2.45. The molecule has 2 rings (SSSR count). The van der Waals surface area contributed by atoms with Gasteiger partial charge in [-0.1, -0.05) is 13.0 Å². The Morgan fingerprint density at radius 2 is 2.10 bits per heavy atom. The SMILES string of the molecule is CCCC(=O)Nc1c(F)cc(F)c(C2=CCNCC2)c1F. The highest BCUT2D eigenvalue weighted by molar-refractivity contribution is 5.91. The predicted octanol–water partition coefficient (Wildman–Crippen LogP) is 3.22. The lowest BCUT2D eigenvalue weighted by Gasteiger charge is -2.17. The van der Waals surface area contributed by atoms with Gasteiger partial charge in [-0.15, -0.1) is 0 Å². The highest BCUT2D eigenvalue weighted by Gasteiger charge is 2.23. The molecule has 114 valence electrons. The molecule has 0 aliphatic carbocycles. The van der Waals surface area contributed by atoms with E-state index >= 15 is 0 Å². The van der Waals surface area contributed by atoms with Gasteiger partial charge < -0.3 is 10.6 Å². The Balaban J connectivity index is 2.42. The highest BCUT2D eigenvalue weighted by atomic mass is 19.1. The van der Waals surface area contributed by atoms with E-state index in [-0.39, 0.29) is 12.0 Å². The molecule has 0 saturated heterocycles. The second-order valence-corrected chi connectivity index (χ2v) is 4.89. The monoisotopic (exact) mass is 298 g/mol. The van der Waals surface area contributed by atoms with Crippen LogP contribution in [0.2, 0.25) is 0 Å². The molecule has 0 radical (unpaired) electrons. The van der Waals surface area contributed by atoms with Crippen molar-refractivity contribution >= 4 is 17.2 Å². The first-order chi connectivity index (χ1) is 10.0. The third-order valence-electron chi connectivity index (χ3n) is 3.30. The number of nitrogens with one attached hydrogen (secondary N) is 2. The summed E-state index contributed by atoms with van der Waals surface area (Å²) in [5.74, 6) is -3.60. The van der Waals surface area contributed by atoms with Crippen LogP contribution in [-0.4, -0.2) is 19.0 Å². The molecule has 2 N–H and O–H groups in total. The van der Waals surface area contributed by atoms with Crippen molar-refractivity contribution in [2.45, 2.75) is 26.2 Å². The van der Waals surface area contributed by atoms with E-state index in [0.717, 1.165) is 0 Å². The second-order valence-electron chi connectivity index (χ2n) is 4.89. The molecule has 1 aromatic carbocycles. The summed E-state index contributed by atoms with van der Waals surface area (Å²) < 4.78 is 42.1. The highest BCUT2D eigenvalue weighted by Crippen LogP contribution is 2.32. The van der Waals surface area contributed by atoms with Gasteiger partial charge in [0.2, 0.25) is 5.91 Å². The van der Waals surface area contributed by atoms with Crippen LogP contribution in [0.25, 0.3) is 5.57 Å². The number of carbonyl (C=O) groups is 1. The van der Waals surface area contributed by atoms with Crippen molar-refractivity contribution in [3.63, 3.8) is 0 Å². The number of hydrogen-bond donors (Lipinski definition) is 2. The summed E-state index contributed by atoms with van der Waals surface area (Å²) >= 11 is 0. The number of amides is 1. The molecule has 0 atom stereocenters. The molecule has 1 heterocycles. The molecule has 0 saturated carbocycles. The van der Waals surface area contributed by atoms with Crippen molar-refractivity contribution in [1.82, 2.24) is 5.32 Å². The molecule has 1 amide bonds. The van der Waals surface area contributed by atoms with E-state index in [1.165, 1.54) is 0 Å². The zero-order chi connectivity index (χ0) is 15.4. The van der Waals surface area contributed by atoms with E-state index in [2.05, 4.69) is 10.6 Å². The van der Waals surface area contributed by atoms with Crippen molar-refractivity contribution < 1.29 is 18.0 Å². The minimum Gasteiger partial charge on any atom is -0.321 e. The van der Waals surface area contributed by atoms with Gasteiger partial charge in [0.15, 0.2) is 11.6 Å². The van der Waals surface area contributed by atoms with E-state index in [4.69, 9.17) is 0 Å². The topological polar surface area (TPSA) is 41.1 Å². The van der Waals surface area contributed by atoms with Gasteiger partial charge in [0.1, 0.15) is 11.5 Å². The minimum absolute atomic E-state index is 0.151. The molecular formula is C15H17F3N2O. The van der Waals surface area contributed by atoms with Gasteiger partial charge in [-0.2, -0.15) is 0 Å². The van der Waals surface area contributed by atoms with Crippen LogP contribution in [-0.2, 0) is 4.79 Å². The normalized spacial score (nSPS) is 14.8. The molecule has 21 heavy (non-hydrogen) atoms. The zero-order valence-electron chi connectivity index (χ0n) is 11.7. The summed E-state index contributed by atoms with van der Waals surface area (Å²) in [5.41, 5.74) is -0.358. The fourth-order valence-corrected chi connectivity index (χ4v) is 2.28. The Morgan fingerprint density at radius 1 is 1.33 bits per heavy atom. The fraction of sp³-hybridized carbons (Fsp3) is 0.400. The maximum Gasteiger partial charge on any atom is 0.224 e. The fourth-order valence-electron chi connectivity index (χ4n) is 2.28. The third kappa shape index (κ3) is 3.44. The Labute approximate surface area is 121 Å². The van der Waals surface area contributed by atoms with Gasteiger partial charge in [0, 0.05) is 19.0 Å². The number of anilines is 1. The first kappa shape index (κ1) is 15.6. The van der Waals surface area contributed by atoms with E-state index in [9.17, 15) is 18.0 Å². The summed E-state index contributed by atoms with van der Waals surface area (Å²) in [4.78, 5) is 11.5. The van der Waals surface area contributed by atoms with Gasteiger partial charge >= 0.3 is 0 Å². The van der Waals surface area contributed by atoms with E-state index < -0.39 is 29.0 Å². The van der Waals surface area contributed by atoms with Gasteiger partial charge in [0.25, 0.3) is 0 Å². The molecule has 0 bridgehead atoms. The molecule has 0 fully saturated rings. The van der Waals surface area contributed by atoms with E-state index in [0.29, 0.717) is 37.6 Å². The molecule has 0 unspecified atom stereocenters. The van der Waals surface area contributed by atoms with Crippen LogP contribution in [0.15, 0.2) is 12.1 Å². The van der Waals surface area contributed by atoms with Crippen LogP contribution in [0.1, 0.15) is 31.7 Å². The van der Waals surface area contributed by atoms with Gasteiger partial charge in [-0.05, 0) is 25.0 Å². The Hall–Kier alpha value is -1.82. The van der Waals surface area contributed by atoms with E-state index in [1.807, 2.05) is 0 Å². The molecule has 6 heteroatoms. The number of rotatable bonds is 4. The maximum atomic E-state index is 14.4. The smallest absolute Gasteiger partial charge is 0.224 e. The van der Waals surface area contributed by atoms with Crippen molar-refractivity contribution in [3.05, 3.63) is 35.2 Å². The first-order valence-electron chi connectivity index (χ1n) is 6.92. The van der Waals surface area contributed by atoms with E-state index in [1.54, 1.807) is 13.0 Å². The molecule has 0 aromatic heterocycles. The Bertz CT molecular complexity index is 585. The van der Waals surface area contributed by atoms with Crippen LogP contribution in [0.5, 0.6) is 0 Å². The number of hydrogen-bond acceptors (Lipinski definition) is 2. The van der Waals surface area contributed by atoms with Crippen LogP contribution in [0, 0.1) is 17.5 Å². The average molecular weight is 298 g/mol. The third-order valence-corrected chi connectivity index (χ3v) is 3.30. The summed E-state index contributed by atoms with van der Waals surface area (Å²) in [6, 6.07) is 0.614. The standard InChI is InChI=1S/C15H17F3N2O/c1-2-3-12(21)20-15-11(17)8-10(16)13(14(15)18)9-4-6-19-7-5-9/h4,8,19H,2-3,5-7H2,1H3,(H,20,21). The lowest BCUT2D eigenvalue weighted by atomic mass is 9.98. The first-order valence-corrected chi connectivity index (χ1v) is 6.92. The molecule has 3 nitrogen and oxygen atoms in total.